The summed E-state index contributed by atoms with van der Waals surface area (Å²) in [6, 6.07) is 7.28. The van der Waals surface area contributed by atoms with E-state index in [1.807, 2.05) is 12.1 Å². The van der Waals surface area contributed by atoms with Gasteiger partial charge in [-0.25, -0.2) is 11.8 Å². The van der Waals surface area contributed by atoms with Crippen molar-refractivity contribution in [3.63, 3.8) is 0 Å². The van der Waals surface area contributed by atoms with Crippen LogP contribution in [0.3, 0.4) is 0 Å². The van der Waals surface area contributed by atoms with E-state index >= 15 is 0 Å². The smallest absolute Gasteiger partial charge is 0.161 e. The lowest BCUT2D eigenvalue weighted by molar-refractivity contribution is -0.0397. The Kier molecular flexibility index (Phi) is 5.58. The van der Waals surface area contributed by atoms with Gasteiger partial charge in [-0.05, 0) is 12.1 Å². The van der Waals surface area contributed by atoms with Crippen LogP contribution in [0.2, 0.25) is 0 Å². The Morgan fingerprint density at radius 1 is 1.12 bits per heavy atom. The van der Waals surface area contributed by atoms with Gasteiger partial charge < -0.3 is 14.3 Å². The van der Waals surface area contributed by atoms with Crippen molar-refractivity contribution in [3.8, 4) is 11.5 Å². The molecule has 1 atom stereocenters. The summed E-state index contributed by atoms with van der Waals surface area (Å²) in [5.41, 5.74) is 0. The molecule has 0 fully saturated rings. The van der Waals surface area contributed by atoms with Crippen LogP contribution in [0.15, 0.2) is 24.3 Å². The van der Waals surface area contributed by atoms with Gasteiger partial charge in [0.1, 0.15) is 12.7 Å². The van der Waals surface area contributed by atoms with Crippen molar-refractivity contribution < 1.29 is 19.1 Å². The van der Waals surface area contributed by atoms with E-state index in [1.165, 1.54) is 0 Å². The molecular formula is C10H16N2O4. The van der Waals surface area contributed by atoms with Crippen LogP contribution >= 0.6 is 0 Å². The second-order valence-corrected chi connectivity index (χ2v) is 3.05. The summed E-state index contributed by atoms with van der Waals surface area (Å²) in [6.07, 6.45) is -0.421. The standard InChI is InChI=1S/C10H16N2O4/c1-13-9-4-2-3-5-10(9)14-6-8(16-12)7-15-11/h2-5,8H,6-7,11-12H2,1H3. The summed E-state index contributed by atoms with van der Waals surface area (Å²) < 4.78 is 10.6. The van der Waals surface area contributed by atoms with Crippen LogP contribution < -0.4 is 21.3 Å². The first-order valence-corrected chi connectivity index (χ1v) is 4.74. The number of ether oxygens (including phenoxy) is 2. The third-order valence-electron chi connectivity index (χ3n) is 1.97. The van der Waals surface area contributed by atoms with Gasteiger partial charge in [0.15, 0.2) is 11.5 Å². The molecule has 1 aromatic carbocycles. The van der Waals surface area contributed by atoms with Crippen molar-refractivity contribution in [2.24, 2.45) is 11.8 Å². The van der Waals surface area contributed by atoms with E-state index in [0.717, 1.165) is 0 Å². The molecule has 4 N–H and O–H groups in total. The molecule has 0 radical (unpaired) electrons. The highest BCUT2D eigenvalue weighted by Crippen LogP contribution is 2.25. The van der Waals surface area contributed by atoms with E-state index in [1.54, 1.807) is 19.2 Å². The first-order chi connectivity index (χ1) is 7.81. The maximum absolute atomic E-state index is 5.47. The first-order valence-electron chi connectivity index (χ1n) is 4.74. The lowest BCUT2D eigenvalue weighted by Crippen LogP contribution is -2.31. The quantitative estimate of drug-likeness (QED) is 0.649. The van der Waals surface area contributed by atoms with Gasteiger partial charge in [0, 0.05) is 0 Å². The highest BCUT2D eigenvalue weighted by atomic mass is 16.7. The average molecular weight is 228 g/mol. The summed E-state index contributed by atoms with van der Waals surface area (Å²) in [5.74, 6) is 11.2. The Labute approximate surface area is 93.9 Å². The monoisotopic (exact) mass is 228 g/mol. The van der Waals surface area contributed by atoms with Gasteiger partial charge >= 0.3 is 0 Å². The summed E-state index contributed by atoms with van der Waals surface area (Å²) in [5, 5.41) is 0. The SMILES string of the molecule is COc1ccccc1OCC(CON)ON. The molecule has 16 heavy (non-hydrogen) atoms. The molecule has 0 aliphatic rings. The highest BCUT2D eigenvalue weighted by Gasteiger charge is 2.10. The van der Waals surface area contributed by atoms with Gasteiger partial charge in [0.05, 0.1) is 13.7 Å². The summed E-state index contributed by atoms with van der Waals surface area (Å²) in [7, 11) is 1.57. The molecule has 90 valence electrons. The minimum absolute atomic E-state index is 0.158. The molecule has 0 aliphatic heterocycles. The number of hydrogen-bond acceptors (Lipinski definition) is 6. The minimum atomic E-state index is -0.421. The van der Waals surface area contributed by atoms with Crippen molar-refractivity contribution in [1.29, 1.82) is 0 Å². The second kappa shape index (κ2) is 7.02. The highest BCUT2D eigenvalue weighted by molar-refractivity contribution is 5.39. The Balaban J connectivity index is 2.52. The second-order valence-electron chi connectivity index (χ2n) is 3.05. The normalized spacial score (nSPS) is 12.2. The molecular weight excluding hydrogens is 212 g/mol. The predicted molar refractivity (Wildman–Crippen MR) is 57.7 cm³/mol. The Morgan fingerprint density at radius 2 is 1.81 bits per heavy atom. The minimum Gasteiger partial charge on any atom is -0.493 e. The van der Waals surface area contributed by atoms with Crippen molar-refractivity contribution in [2.45, 2.75) is 6.10 Å². The molecule has 0 saturated heterocycles. The molecule has 6 nitrogen and oxygen atoms in total. The lowest BCUT2D eigenvalue weighted by atomic mass is 10.3. The van der Waals surface area contributed by atoms with Gasteiger partial charge in [0.25, 0.3) is 0 Å². The largest absolute Gasteiger partial charge is 0.493 e. The van der Waals surface area contributed by atoms with Gasteiger partial charge in [0.2, 0.25) is 0 Å². The molecule has 0 heterocycles. The number of benzene rings is 1. The van der Waals surface area contributed by atoms with E-state index in [0.29, 0.717) is 11.5 Å². The Hall–Kier alpha value is -1.34. The molecule has 0 aliphatic carbocycles. The molecule has 0 saturated carbocycles. The topological polar surface area (TPSA) is 89.0 Å². The third-order valence-corrected chi connectivity index (χ3v) is 1.97. The maximum Gasteiger partial charge on any atom is 0.161 e. The first kappa shape index (κ1) is 12.7. The van der Waals surface area contributed by atoms with E-state index < -0.39 is 6.10 Å². The fraction of sp³-hybridized carbons (Fsp3) is 0.400. The molecule has 0 amide bonds. The van der Waals surface area contributed by atoms with Crippen LogP contribution in [0.5, 0.6) is 11.5 Å². The summed E-state index contributed by atoms with van der Waals surface area (Å²) in [6.45, 7) is 0.389. The molecule has 0 spiro atoms. The number of rotatable bonds is 7. The molecule has 6 heteroatoms. The van der Waals surface area contributed by atoms with Crippen molar-refractivity contribution >= 4 is 0 Å². The number of para-hydroxylation sites is 2. The third kappa shape index (κ3) is 3.67. The van der Waals surface area contributed by atoms with Crippen LogP contribution in [0.1, 0.15) is 0 Å². The lowest BCUT2D eigenvalue weighted by Gasteiger charge is -2.15. The van der Waals surface area contributed by atoms with Crippen LogP contribution in [0, 0.1) is 0 Å². The van der Waals surface area contributed by atoms with Crippen LogP contribution in [-0.2, 0) is 9.68 Å². The molecule has 1 rings (SSSR count). The van der Waals surface area contributed by atoms with Crippen molar-refractivity contribution in [3.05, 3.63) is 24.3 Å². The summed E-state index contributed by atoms with van der Waals surface area (Å²) in [4.78, 5) is 9.04. The van der Waals surface area contributed by atoms with Crippen LogP contribution in [0.4, 0.5) is 0 Å². The molecule has 1 aromatic rings. The zero-order chi connectivity index (χ0) is 11.8. The van der Waals surface area contributed by atoms with E-state index in [2.05, 4.69) is 9.68 Å². The van der Waals surface area contributed by atoms with E-state index in [4.69, 9.17) is 21.3 Å². The van der Waals surface area contributed by atoms with E-state index in [-0.39, 0.29) is 13.2 Å². The number of methoxy groups -OCH3 is 1. The van der Waals surface area contributed by atoms with Crippen LogP contribution in [-0.4, -0.2) is 26.4 Å². The van der Waals surface area contributed by atoms with E-state index in [9.17, 15) is 0 Å². The maximum atomic E-state index is 5.47. The van der Waals surface area contributed by atoms with Crippen LogP contribution in [0.25, 0.3) is 0 Å². The number of hydrogen-bond donors (Lipinski definition) is 2. The fourth-order valence-electron chi connectivity index (χ4n) is 1.15. The predicted octanol–water partition coefficient (Wildman–Crippen LogP) is 0.223. The van der Waals surface area contributed by atoms with Gasteiger partial charge in [-0.1, -0.05) is 12.1 Å². The average Bonchev–Trinajstić information content (AvgIpc) is 2.34. The fourth-order valence-corrected chi connectivity index (χ4v) is 1.15. The Morgan fingerprint density at radius 3 is 2.38 bits per heavy atom. The van der Waals surface area contributed by atoms with Crippen molar-refractivity contribution in [1.82, 2.24) is 0 Å². The van der Waals surface area contributed by atoms with Gasteiger partial charge in [-0.2, -0.15) is 0 Å². The Bertz CT molecular complexity index is 309. The molecule has 0 bridgehead atoms. The van der Waals surface area contributed by atoms with Gasteiger partial charge in [-0.15, -0.1) is 0 Å². The van der Waals surface area contributed by atoms with Gasteiger partial charge in [-0.3, -0.25) is 4.84 Å². The number of nitrogens with two attached hydrogens (primary N) is 2. The zero-order valence-electron chi connectivity index (χ0n) is 9.09. The molecule has 0 aromatic heterocycles. The molecule has 1 unspecified atom stereocenters. The zero-order valence-corrected chi connectivity index (χ0v) is 9.09. The van der Waals surface area contributed by atoms with Crippen molar-refractivity contribution in [2.75, 3.05) is 20.3 Å². The summed E-state index contributed by atoms with van der Waals surface area (Å²) >= 11 is 0.